The zero-order valence-corrected chi connectivity index (χ0v) is 19.0. The van der Waals surface area contributed by atoms with E-state index in [1.165, 1.54) is 7.11 Å². The fourth-order valence-electron chi connectivity index (χ4n) is 3.66. The van der Waals surface area contributed by atoms with Crippen LogP contribution in [-0.4, -0.2) is 57.9 Å². The smallest absolute Gasteiger partial charge is 0.319 e. The molecule has 32 heavy (non-hydrogen) atoms. The highest BCUT2D eigenvalue weighted by atomic mass is 16.5. The second-order valence-corrected chi connectivity index (χ2v) is 7.37. The van der Waals surface area contributed by atoms with Gasteiger partial charge in [0.2, 0.25) is 5.91 Å². The molecule has 1 aliphatic heterocycles. The van der Waals surface area contributed by atoms with Crippen molar-refractivity contribution in [1.29, 1.82) is 0 Å². The van der Waals surface area contributed by atoms with Crippen LogP contribution in [0.2, 0.25) is 0 Å². The lowest BCUT2D eigenvalue weighted by molar-refractivity contribution is -0.133. The van der Waals surface area contributed by atoms with Gasteiger partial charge in [-0.15, -0.1) is 0 Å². The number of amides is 3. The van der Waals surface area contributed by atoms with E-state index in [-0.39, 0.29) is 5.91 Å². The summed E-state index contributed by atoms with van der Waals surface area (Å²) in [6.07, 6.45) is 0.698. The maximum Gasteiger partial charge on any atom is 0.319 e. The lowest BCUT2D eigenvalue weighted by Gasteiger charge is -2.31. The van der Waals surface area contributed by atoms with E-state index in [2.05, 4.69) is 10.6 Å². The number of benzene rings is 2. The van der Waals surface area contributed by atoms with E-state index in [0.29, 0.717) is 48.2 Å². The van der Waals surface area contributed by atoms with Crippen LogP contribution in [0.3, 0.4) is 0 Å². The van der Waals surface area contributed by atoms with Crippen LogP contribution in [0.4, 0.5) is 10.5 Å². The molecule has 9 nitrogen and oxygen atoms in total. The van der Waals surface area contributed by atoms with Crippen LogP contribution in [0.15, 0.2) is 30.3 Å². The molecule has 2 aromatic carbocycles. The first-order valence-corrected chi connectivity index (χ1v) is 10.2. The molecular weight excluding hydrogens is 414 g/mol. The summed E-state index contributed by atoms with van der Waals surface area (Å²) in [6, 6.07) is 7.69. The first-order valence-electron chi connectivity index (χ1n) is 10.2. The minimum absolute atomic E-state index is 0.165. The number of nitrogens with one attached hydrogen (secondary N) is 2. The van der Waals surface area contributed by atoms with Gasteiger partial charge in [0, 0.05) is 19.2 Å². The van der Waals surface area contributed by atoms with E-state index in [4.69, 9.17) is 18.9 Å². The quantitative estimate of drug-likeness (QED) is 0.683. The molecule has 0 aromatic heterocycles. The number of ether oxygens (including phenoxy) is 4. The molecule has 3 amide bonds. The lowest BCUT2D eigenvalue weighted by atomic mass is 9.98. The van der Waals surface area contributed by atoms with Crippen LogP contribution in [0, 0.1) is 0 Å². The van der Waals surface area contributed by atoms with Crippen molar-refractivity contribution in [3.05, 3.63) is 41.5 Å². The number of fused-ring (bicyclic) bond motifs is 1. The van der Waals surface area contributed by atoms with Crippen LogP contribution in [-0.2, 0) is 17.8 Å². The molecule has 2 N–H and O–H groups in total. The molecule has 0 bridgehead atoms. The Bertz CT molecular complexity index is 994. The Hall–Kier alpha value is -3.62. The summed E-state index contributed by atoms with van der Waals surface area (Å²) in [5.74, 6) is 2.19. The van der Waals surface area contributed by atoms with Gasteiger partial charge in [-0.1, -0.05) is 0 Å². The number of hydrogen-bond donors (Lipinski definition) is 2. The predicted octanol–water partition coefficient (Wildman–Crippen LogP) is 2.82. The molecule has 0 saturated heterocycles. The summed E-state index contributed by atoms with van der Waals surface area (Å²) in [7, 11) is 6.23. The number of carbonyl (C=O) groups is 2. The van der Waals surface area contributed by atoms with Crippen molar-refractivity contribution in [1.82, 2.24) is 10.2 Å². The number of rotatable bonds is 7. The summed E-state index contributed by atoms with van der Waals surface area (Å²) in [5.41, 5.74) is 2.59. The molecule has 1 aliphatic rings. The van der Waals surface area contributed by atoms with Crippen molar-refractivity contribution in [2.75, 3.05) is 40.3 Å². The standard InChI is InChI=1S/C23H29N3O6/c1-14(24-23(28)25-18-7-6-17(29-2)12-19(18)30-3)22(27)26-9-8-15-10-20(31-4)21(32-5)11-16(15)13-26/h6-7,10-12,14H,8-9,13H2,1-5H3,(H2,24,25,28). The monoisotopic (exact) mass is 443 g/mol. The molecule has 0 fully saturated rings. The fraction of sp³-hybridized carbons (Fsp3) is 0.391. The van der Waals surface area contributed by atoms with Crippen molar-refractivity contribution in [2.45, 2.75) is 25.9 Å². The molecule has 1 heterocycles. The van der Waals surface area contributed by atoms with E-state index in [1.54, 1.807) is 51.4 Å². The lowest BCUT2D eigenvalue weighted by Crippen LogP contribution is -2.49. The van der Waals surface area contributed by atoms with Crippen LogP contribution in [0.5, 0.6) is 23.0 Å². The highest BCUT2D eigenvalue weighted by molar-refractivity contribution is 5.94. The number of nitrogens with zero attached hydrogens (tertiary/aromatic N) is 1. The van der Waals surface area contributed by atoms with E-state index < -0.39 is 12.1 Å². The highest BCUT2D eigenvalue weighted by Gasteiger charge is 2.27. The van der Waals surface area contributed by atoms with Gasteiger partial charge in [0.25, 0.3) is 0 Å². The second-order valence-electron chi connectivity index (χ2n) is 7.37. The highest BCUT2D eigenvalue weighted by Crippen LogP contribution is 2.33. The van der Waals surface area contributed by atoms with Crippen LogP contribution >= 0.6 is 0 Å². The van der Waals surface area contributed by atoms with Gasteiger partial charge in [-0.2, -0.15) is 0 Å². The summed E-state index contributed by atoms with van der Waals surface area (Å²) < 4.78 is 21.2. The van der Waals surface area contributed by atoms with Crippen LogP contribution in [0.25, 0.3) is 0 Å². The molecule has 0 aliphatic carbocycles. The van der Waals surface area contributed by atoms with Gasteiger partial charge in [0.05, 0.1) is 34.1 Å². The Morgan fingerprint density at radius 2 is 1.56 bits per heavy atom. The maximum atomic E-state index is 13.0. The minimum atomic E-state index is -0.707. The Labute approximate surface area is 187 Å². The average molecular weight is 444 g/mol. The van der Waals surface area contributed by atoms with E-state index in [9.17, 15) is 9.59 Å². The molecule has 0 spiro atoms. The number of urea groups is 1. The first-order chi connectivity index (χ1) is 15.4. The van der Waals surface area contributed by atoms with E-state index >= 15 is 0 Å². The predicted molar refractivity (Wildman–Crippen MR) is 120 cm³/mol. The molecule has 1 atom stereocenters. The summed E-state index contributed by atoms with van der Waals surface area (Å²) >= 11 is 0. The number of methoxy groups -OCH3 is 4. The molecule has 0 radical (unpaired) electrons. The van der Waals surface area contributed by atoms with Crippen LogP contribution in [0.1, 0.15) is 18.1 Å². The molecule has 9 heteroatoms. The SMILES string of the molecule is COc1ccc(NC(=O)NC(C)C(=O)N2CCc3cc(OC)c(OC)cc3C2)c(OC)c1. The van der Waals surface area contributed by atoms with E-state index in [0.717, 1.165) is 11.1 Å². The number of anilines is 1. The topological polar surface area (TPSA) is 98.4 Å². The Morgan fingerprint density at radius 3 is 2.19 bits per heavy atom. The van der Waals surface area contributed by atoms with Gasteiger partial charge in [0.15, 0.2) is 11.5 Å². The Balaban J connectivity index is 1.63. The van der Waals surface area contributed by atoms with Crippen molar-refractivity contribution in [3.8, 4) is 23.0 Å². The largest absolute Gasteiger partial charge is 0.497 e. The third-order valence-corrected chi connectivity index (χ3v) is 5.40. The van der Waals surface area contributed by atoms with Crippen molar-refractivity contribution in [2.24, 2.45) is 0 Å². The van der Waals surface area contributed by atoms with Gasteiger partial charge >= 0.3 is 6.03 Å². The molecule has 3 rings (SSSR count). The van der Waals surface area contributed by atoms with Gasteiger partial charge in [-0.25, -0.2) is 4.79 Å². The normalized spacial score (nSPS) is 13.5. The summed E-state index contributed by atoms with van der Waals surface area (Å²) in [5, 5.41) is 5.41. The average Bonchev–Trinajstić information content (AvgIpc) is 2.82. The summed E-state index contributed by atoms with van der Waals surface area (Å²) in [6.45, 7) is 2.66. The summed E-state index contributed by atoms with van der Waals surface area (Å²) in [4.78, 5) is 27.2. The Kier molecular flexibility index (Phi) is 7.29. The fourth-order valence-corrected chi connectivity index (χ4v) is 3.66. The zero-order valence-electron chi connectivity index (χ0n) is 19.0. The minimum Gasteiger partial charge on any atom is -0.497 e. The number of hydrogen-bond acceptors (Lipinski definition) is 6. The molecule has 1 unspecified atom stereocenters. The molecule has 2 aromatic rings. The van der Waals surface area contributed by atoms with E-state index in [1.807, 2.05) is 12.1 Å². The van der Waals surface area contributed by atoms with Gasteiger partial charge in [0.1, 0.15) is 17.5 Å². The van der Waals surface area contributed by atoms with Crippen molar-refractivity contribution < 1.29 is 28.5 Å². The third kappa shape index (κ3) is 4.99. The van der Waals surface area contributed by atoms with Gasteiger partial charge in [-0.05, 0) is 48.7 Å². The zero-order chi connectivity index (χ0) is 23.3. The molecule has 0 saturated carbocycles. The Morgan fingerprint density at radius 1 is 0.906 bits per heavy atom. The van der Waals surface area contributed by atoms with Gasteiger partial charge < -0.3 is 34.5 Å². The third-order valence-electron chi connectivity index (χ3n) is 5.40. The van der Waals surface area contributed by atoms with Crippen molar-refractivity contribution >= 4 is 17.6 Å². The second kappa shape index (κ2) is 10.1. The van der Waals surface area contributed by atoms with Crippen molar-refractivity contribution in [3.63, 3.8) is 0 Å². The number of carbonyl (C=O) groups excluding carboxylic acids is 2. The maximum absolute atomic E-state index is 13.0. The molecular formula is C23H29N3O6. The van der Waals surface area contributed by atoms with Gasteiger partial charge in [-0.3, -0.25) is 4.79 Å². The molecule has 172 valence electrons. The van der Waals surface area contributed by atoms with Crippen LogP contribution < -0.4 is 29.6 Å². The first kappa shape index (κ1) is 23.1.